The number of urea groups is 1. The van der Waals surface area contributed by atoms with E-state index in [1.807, 2.05) is 0 Å². The average Bonchev–Trinajstić information content (AvgIpc) is 2.29. The lowest BCUT2D eigenvalue weighted by molar-refractivity contribution is -0.145. The van der Waals surface area contributed by atoms with Crippen molar-refractivity contribution in [3.63, 3.8) is 0 Å². The summed E-state index contributed by atoms with van der Waals surface area (Å²) >= 11 is 0. The highest BCUT2D eigenvalue weighted by Gasteiger charge is 2.40. The highest BCUT2D eigenvalue weighted by Crippen LogP contribution is 2.28. The Hall–Kier alpha value is -1.79. The molecule has 0 aromatic heterocycles. The van der Waals surface area contributed by atoms with Crippen LogP contribution in [0.15, 0.2) is 0 Å². The van der Waals surface area contributed by atoms with E-state index < -0.39 is 23.4 Å². The largest absolute Gasteiger partial charge is 0.480 e. The maximum absolute atomic E-state index is 11.6. The molecule has 7 heteroatoms. The van der Waals surface area contributed by atoms with Gasteiger partial charge in [0.05, 0.1) is 0 Å². The summed E-state index contributed by atoms with van der Waals surface area (Å²) in [5, 5.41) is 14.2. The van der Waals surface area contributed by atoms with Crippen LogP contribution in [0.5, 0.6) is 0 Å². The van der Waals surface area contributed by atoms with Crippen LogP contribution in [0.1, 0.15) is 38.5 Å². The number of rotatable bonds is 5. The van der Waals surface area contributed by atoms with Gasteiger partial charge in [-0.05, 0) is 12.8 Å². The Labute approximate surface area is 105 Å². The molecule has 0 aliphatic heterocycles. The van der Waals surface area contributed by atoms with Crippen LogP contribution < -0.4 is 16.4 Å². The van der Waals surface area contributed by atoms with E-state index in [-0.39, 0.29) is 13.0 Å². The minimum Gasteiger partial charge on any atom is -0.480 e. The van der Waals surface area contributed by atoms with Gasteiger partial charge in [-0.25, -0.2) is 9.59 Å². The fraction of sp³-hybridized carbons (Fsp3) is 0.727. The van der Waals surface area contributed by atoms with Crippen molar-refractivity contribution >= 4 is 17.9 Å². The van der Waals surface area contributed by atoms with Gasteiger partial charge in [0, 0.05) is 13.0 Å². The molecule has 102 valence electrons. The molecular weight excluding hydrogens is 238 g/mol. The highest BCUT2D eigenvalue weighted by molar-refractivity contribution is 5.86. The van der Waals surface area contributed by atoms with Gasteiger partial charge in [0.2, 0.25) is 5.91 Å². The zero-order chi connectivity index (χ0) is 13.6. The maximum atomic E-state index is 11.6. The van der Waals surface area contributed by atoms with Crippen molar-refractivity contribution < 1.29 is 19.5 Å². The molecule has 0 bridgehead atoms. The molecule has 0 saturated heterocycles. The molecule has 18 heavy (non-hydrogen) atoms. The Bertz CT molecular complexity index is 337. The van der Waals surface area contributed by atoms with Crippen molar-refractivity contribution in [3.05, 3.63) is 0 Å². The van der Waals surface area contributed by atoms with Gasteiger partial charge in [-0.15, -0.1) is 0 Å². The number of amides is 3. The third kappa shape index (κ3) is 3.90. The first kappa shape index (κ1) is 14.3. The van der Waals surface area contributed by atoms with Crippen LogP contribution in [0, 0.1) is 0 Å². The van der Waals surface area contributed by atoms with Gasteiger partial charge in [-0.3, -0.25) is 4.79 Å². The fourth-order valence-electron chi connectivity index (χ4n) is 2.11. The van der Waals surface area contributed by atoms with Crippen molar-refractivity contribution in [2.24, 2.45) is 5.73 Å². The van der Waals surface area contributed by atoms with E-state index in [1.54, 1.807) is 0 Å². The molecule has 0 aromatic carbocycles. The third-order valence-electron chi connectivity index (χ3n) is 3.13. The lowest BCUT2D eigenvalue weighted by atomic mass is 9.82. The van der Waals surface area contributed by atoms with Crippen LogP contribution in [0.3, 0.4) is 0 Å². The summed E-state index contributed by atoms with van der Waals surface area (Å²) in [5.41, 5.74) is 3.76. The molecular formula is C11H19N3O4. The van der Waals surface area contributed by atoms with E-state index in [1.165, 1.54) is 0 Å². The maximum Gasteiger partial charge on any atom is 0.329 e. The van der Waals surface area contributed by atoms with Gasteiger partial charge in [0.25, 0.3) is 0 Å². The average molecular weight is 257 g/mol. The minimum absolute atomic E-state index is 0.0352. The molecule has 1 rings (SSSR count). The van der Waals surface area contributed by atoms with E-state index >= 15 is 0 Å². The normalized spacial score (nSPS) is 17.8. The monoisotopic (exact) mass is 257 g/mol. The number of hydrogen-bond donors (Lipinski definition) is 4. The predicted molar refractivity (Wildman–Crippen MR) is 63.8 cm³/mol. The zero-order valence-corrected chi connectivity index (χ0v) is 10.2. The van der Waals surface area contributed by atoms with Crippen LogP contribution in [0.2, 0.25) is 0 Å². The number of primary amides is 1. The Morgan fingerprint density at radius 3 is 2.28 bits per heavy atom. The van der Waals surface area contributed by atoms with Crippen LogP contribution >= 0.6 is 0 Å². The molecule has 0 aromatic rings. The summed E-state index contributed by atoms with van der Waals surface area (Å²) in [6.07, 6.45) is 3.46. The van der Waals surface area contributed by atoms with Gasteiger partial charge in [-0.2, -0.15) is 0 Å². The summed E-state index contributed by atoms with van der Waals surface area (Å²) in [7, 11) is 0. The highest BCUT2D eigenvalue weighted by atomic mass is 16.4. The molecule has 1 aliphatic rings. The first-order valence-corrected chi connectivity index (χ1v) is 6.04. The Balaban J connectivity index is 2.48. The lowest BCUT2D eigenvalue weighted by Gasteiger charge is -2.33. The molecule has 7 nitrogen and oxygen atoms in total. The van der Waals surface area contributed by atoms with E-state index in [0.717, 1.165) is 19.3 Å². The summed E-state index contributed by atoms with van der Waals surface area (Å²) in [5.74, 6) is -1.52. The number of carbonyl (C=O) groups excluding carboxylic acids is 2. The lowest BCUT2D eigenvalue weighted by Crippen LogP contribution is -2.58. The quantitative estimate of drug-likeness (QED) is 0.551. The van der Waals surface area contributed by atoms with Crippen molar-refractivity contribution in [2.45, 2.75) is 44.1 Å². The van der Waals surface area contributed by atoms with Gasteiger partial charge in [0.15, 0.2) is 0 Å². The SMILES string of the molecule is NC(=O)CCNC(=O)NC1(C(=O)O)CCCCC1. The van der Waals surface area contributed by atoms with Crippen LogP contribution in [0.4, 0.5) is 4.79 Å². The van der Waals surface area contributed by atoms with Gasteiger partial charge >= 0.3 is 12.0 Å². The van der Waals surface area contributed by atoms with Crippen LogP contribution in [-0.2, 0) is 9.59 Å². The topological polar surface area (TPSA) is 122 Å². The van der Waals surface area contributed by atoms with E-state index in [4.69, 9.17) is 5.73 Å². The minimum atomic E-state index is -1.17. The van der Waals surface area contributed by atoms with Gasteiger partial charge < -0.3 is 21.5 Å². The van der Waals surface area contributed by atoms with Crippen molar-refractivity contribution in [2.75, 3.05) is 6.54 Å². The number of carboxylic acids is 1. The summed E-state index contributed by atoms with van der Waals surface area (Å²) in [4.78, 5) is 33.3. The second kappa shape index (κ2) is 6.23. The van der Waals surface area contributed by atoms with Gasteiger partial charge in [0.1, 0.15) is 5.54 Å². The summed E-state index contributed by atoms with van der Waals surface area (Å²) in [6, 6.07) is -0.569. The standard InChI is InChI=1S/C11H19N3O4/c12-8(15)4-7-13-10(18)14-11(9(16)17)5-2-1-3-6-11/h1-7H2,(H2,12,15)(H,16,17)(H2,13,14,18). The Morgan fingerprint density at radius 1 is 1.17 bits per heavy atom. The van der Waals surface area contributed by atoms with Crippen molar-refractivity contribution in [3.8, 4) is 0 Å². The van der Waals surface area contributed by atoms with Crippen LogP contribution in [-0.4, -0.2) is 35.1 Å². The molecule has 0 atom stereocenters. The molecule has 0 spiro atoms. The second-order valence-electron chi connectivity index (χ2n) is 4.55. The molecule has 0 radical (unpaired) electrons. The van der Waals surface area contributed by atoms with Crippen molar-refractivity contribution in [1.82, 2.24) is 10.6 Å². The number of nitrogens with one attached hydrogen (secondary N) is 2. The number of nitrogens with two attached hydrogens (primary N) is 1. The molecule has 3 amide bonds. The van der Waals surface area contributed by atoms with Crippen LogP contribution in [0.25, 0.3) is 0 Å². The number of carbonyl (C=O) groups is 3. The van der Waals surface area contributed by atoms with E-state index in [0.29, 0.717) is 12.8 Å². The Kier molecular flexibility index (Phi) is 4.94. The smallest absolute Gasteiger partial charge is 0.329 e. The number of hydrogen-bond acceptors (Lipinski definition) is 3. The zero-order valence-electron chi connectivity index (χ0n) is 10.2. The first-order valence-electron chi connectivity index (χ1n) is 6.04. The summed E-state index contributed by atoms with van der Waals surface area (Å²) in [6.45, 7) is 0.108. The molecule has 1 aliphatic carbocycles. The molecule has 0 unspecified atom stereocenters. The first-order chi connectivity index (χ1) is 8.46. The fourth-order valence-corrected chi connectivity index (χ4v) is 2.11. The van der Waals surface area contributed by atoms with Crippen molar-refractivity contribution in [1.29, 1.82) is 0 Å². The number of carboxylic acid groups (broad SMARTS) is 1. The molecule has 1 fully saturated rings. The molecule has 0 heterocycles. The van der Waals surface area contributed by atoms with E-state index in [9.17, 15) is 19.5 Å². The second-order valence-corrected chi connectivity index (χ2v) is 4.55. The molecule has 5 N–H and O–H groups in total. The van der Waals surface area contributed by atoms with Gasteiger partial charge in [-0.1, -0.05) is 19.3 Å². The number of aliphatic carboxylic acids is 1. The summed E-state index contributed by atoms with van der Waals surface area (Å²) < 4.78 is 0. The third-order valence-corrected chi connectivity index (χ3v) is 3.13. The molecule has 1 saturated carbocycles. The van der Waals surface area contributed by atoms with E-state index in [2.05, 4.69) is 10.6 Å². The predicted octanol–water partition coefficient (Wildman–Crippen LogP) is -0.0515. The Morgan fingerprint density at radius 2 is 1.78 bits per heavy atom.